The van der Waals surface area contributed by atoms with E-state index in [9.17, 15) is 13.9 Å². The normalized spacial score (nSPS) is 11.6. The summed E-state index contributed by atoms with van der Waals surface area (Å²) < 4.78 is 26.4. The predicted octanol–water partition coefficient (Wildman–Crippen LogP) is 2.53. The van der Waals surface area contributed by atoms with Crippen LogP contribution in [0.2, 0.25) is 0 Å². The smallest absolute Gasteiger partial charge is 0.299 e. The van der Waals surface area contributed by atoms with Gasteiger partial charge < -0.3 is 5.11 Å². The number of hydrogen-bond donors (Lipinski definition) is 1. The minimum absolute atomic E-state index is 0.0758. The monoisotopic (exact) mass is 284 g/mol. The average molecular weight is 284 g/mol. The molecule has 1 aromatic heterocycles. The Morgan fingerprint density at radius 2 is 2.21 bits per heavy atom. The third-order valence-corrected chi connectivity index (χ3v) is 2.83. The maximum absolute atomic E-state index is 12.7. The first-order chi connectivity index (χ1) is 9.11. The number of phenols is 1. The number of hydrogen-bond acceptors (Lipinski definition) is 5. The molecular weight excluding hydrogens is 274 g/mol. The topological polar surface area (TPSA) is 63.3 Å². The van der Waals surface area contributed by atoms with E-state index in [1.807, 2.05) is 0 Å². The van der Waals surface area contributed by atoms with Crippen LogP contribution in [0, 0.1) is 0 Å². The SMILES string of the molecule is CSc1nnc(C(F)F)n1/N=C\c1cccc(O)c1. The van der Waals surface area contributed by atoms with Gasteiger partial charge in [0.05, 0.1) is 6.21 Å². The standard InChI is InChI=1S/C11H10F2N4OS/c1-19-11-16-15-10(9(12)13)17(11)14-6-7-3-2-4-8(18)5-7/h2-6,9,18H,1H3/b14-6-. The van der Waals surface area contributed by atoms with Crippen LogP contribution in [0.1, 0.15) is 17.8 Å². The third kappa shape index (κ3) is 3.08. The number of nitrogens with zero attached hydrogens (tertiary/aromatic N) is 4. The molecule has 0 aliphatic carbocycles. The number of thioether (sulfide) groups is 1. The van der Waals surface area contributed by atoms with Gasteiger partial charge in [-0.15, -0.1) is 10.2 Å². The van der Waals surface area contributed by atoms with Gasteiger partial charge in [-0.2, -0.15) is 9.78 Å². The zero-order chi connectivity index (χ0) is 13.8. The summed E-state index contributed by atoms with van der Waals surface area (Å²) in [4.78, 5) is 0. The van der Waals surface area contributed by atoms with Crippen molar-refractivity contribution in [3.05, 3.63) is 35.7 Å². The minimum Gasteiger partial charge on any atom is -0.508 e. The van der Waals surface area contributed by atoms with E-state index in [0.29, 0.717) is 5.56 Å². The first kappa shape index (κ1) is 13.5. The Labute approximate surface area is 112 Å². The average Bonchev–Trinajstić information content (AvgIpc) is 2.79. The Balaban J connectivity index is 2.34. The predicted molar refractivity (Wildman–Crippen MR) is 67.9 cm³/mol. The van der Waals surface area contributed by atoms with Crippen LogP contribution >= 0.6 is 11.8 Å². The molecular formula is C11H10F2N4OS. The number of phenolic OH excluding ortho intramolecular Hbond substituents is 1. The highest BCUT2D eigenvalue weighted by Gasteiger charge is 2.19. The summed E-state index contributed by atoms with van der Waals surface area (Å²) in [6, 6.07) is 6.30. The number of aromatic hydroxyl groups is 1. The lowest BCUT2D eigenvalue weighted by Gasteiger charge is -2.01. The molecule has 0 amide bonds. The second-order valence-corrected chi connectivity index (χ2v) is 4.27. The van der Waals surface area contributed by atoms with Crippen molar-refractivity contribution in [3.8, 4) is 5.75 Å². The molecule has 5 nitrogen and oxygen atoms in total. The van der Waals surface area contributed by atoms with E-state index < -0.39 is 12.2 Å². The molecule has 0 aliphatic heterocycles. The summed E-state index contributed by atoms with van der Waals surface area (Å²) >= 11 is 1.16. The van der Waals surface area contributed by atoms with Crippen molar-refractivity contribution in [2.75, 3.05) is 6.26 Å². The third-order valence-electron chi connectivity index (χ3n) is 2.21. The van der Waals surface area contributed by atoms with E-state index in [1.54, 1.807) is 18.4 Å². The summed E-state index contributed by atoms with van der Waals surface area (Å²) in [5, 5.41) is 20.5. The first-order valence-corrected chi connectivity index (χ1v) is 6.45. The Morgan fingerprint density at radius 1 is 1.42 bits per heavy atom. The molecule has 100 valence electrons. The Bertz CT molecular complexity index is 600. The van der Waals surface area contributed by atoms with Crippen molar-refractivity contribution in [2.45, 2.75) is 11.6 Å². The number of rotatable bonds is 4. The molecule has 19 heavy (non-hydrogen) atoms. The van der Waals surface area contributed by atoms with Crippen LogP contribution in [0.3, 0.4) is 0 Å². The summed E-state index contributed by atoms with van der Waals surface area (Å²) in [6.45, 7) is 0. The van der Waals surface area contributed by atoms with Crippen molar-refractivity contribution in [3.63, 3.8) is 0 Å². The van der Waals surface area contributed by atoms with Crippen LogP contribution < -0.4 is 0 Å². The van der Waals surface area contributed by atoms with Gasteiger partial charge in [-0.3, -0.25) is 0 Å². The van der Waals surface area contributed by atoms with Gasteiger partial charge in [0.25, 0.3) is 6.43 Å². The second-order valence-electron chi connectivity index (χ2n) is 3.50. The van der Waals surface area contributed by atoms with Crippen molar-refractivity contribution in [1.29, 1.82) is 0 Å². The van der Waals surface area contributed by atoms with E-state index in [0.717, 1.165) is 16.4 Å². The minimum atomic E-state index is -2.75. The van der Waals surface area contributed by atoms with E-state index in [4.69, 9.17) is 0 Å². The first-order valence-electron chi connectivity index (χ1n) is 5.22. The summed E-state index contributed by atoms with van der Waals surface area (Å²) in [5.74, 6) is -0.437. The Morgan fingerprint density at radius 3 is 2.84 bits per heavy atom. The van der Waals surface area contributed by atoms with Crippen molar-refractivity contribution >= 4 is 18.0 Å². The van der Waals surface area contributed by atoms with Crippen LogP contribution in [0.4, 0.5) is 8.78 Å². The van der Waals surface area contributed by atoms with Crippen LogP contribution in [-0.4, -0.2) is 32.5 Å². The fourth-order valence-corrected chi connectivity index (χ4v) is 1.81. The number of halogens is 2. The van der Waals surface area contributed by atoms with Gasteiger partial charge in [-0.25, -0.2) is 8.78 Å². The Kier molecular flexibility index (Phi) is 4.10. The molecule has 0 fully saturated rings. The fraction of sp³-hybridized carbons (Fsp3) is 0.182. The van der Waals surface area contributed by atoms with Gasteiger partial charge in [0, 0.05) is 0 Å². The molecule has 0 radical (unpaired) electrons. The van der Waals surface area contributed by atoms with Crippen LogP contribution in [0.5, 0.6) is 5.75 Å². The number of aromatic nitrogens is 3. The molecule has 0 spiro atoms. The zero-order valence-corrected chi connectivity index (χ0v) is 10.7. The molecule has 1 heterocycles. The van der Waals surface area contributed by atoms with Gasteiger partial charge in [0.15, 0.2) is 0 Å². The fourth-order valence-electron chi connectivity index (χ4n) is 1.38. The Hall–Kier alpha value is -1.96. The number of benzene rings is 1. The van der Waals surface area contributed by atoms with Gasteiger partial charge in [-0.1, -0.05) is 23.9 Å². The van der Waals surface area contributed by atoms with Crippen molar-refractivity contribution in [1.82, 2.24) is 14.9 Å². The van der Waals surface area contributed by atoms with Gasteiger partial charge in [0.1, 0.15) is 5.75 Å². The van der Waals surface area contributed by atoms with E-state index in [-0.39, 0.29) is 10.9 Å². The summed E-state index contributed by atoms with van der Waals surface area (Å²) in [7, 11) is 0. The summed E-state index contributed by atoms with van der Waals surface area (Å²) in [6.07, 6.45) is 0.295. The lowest BCUT2D eigenvalue weighted by molar-refractivity contribution is 0.135. The molecule has 0 unspecified atom stereocenters. The lowest BCUT2D eigenvalue weighted by atomic mass is 10.2. The highest BCUT2D eigenvalue weighted by molar-refractivity contribution is 7.98. The lowest BCUT2D eigenvalue weighted by Crippen LogP contribution is -2.00. The largest absolute Gasteiger partial charge is 0.508 e. The molecule has 0 bridgehead atoms. The maximum atomic E-state index is 12.7. The van der Waals surface area contributed by atoms with E-state index in [1.165, 1.54) is 18.3 Å². The van der Waals surface area contributed by atoms with Crippen LogP contribution in [0.25, 0.3) is 0 Å². The second kappa shape index (κ2) is 5.79. The molecule has 8 heteroatoms. The molecule has 2 rings (SSSR count). The molecule has 0 atom stereocenters. The quantitative estimate of drug-likeness (QED) is 0.692. The number of alkyl halides is 2. The van der Waals surface area contributed by atoms with Crippen molar-refractivity contribution in [2.24, 2.45) is 5.10 Å². The molecule has 1 N–H and O–H groups in total. The highest BCUT2D eigenvalue weighted by Crippen LogP contribution is 2.21. The van der Waals surface area contributed by atoms with E-state index >= 15 is 0 Å². The van der Waals surface area contributed by atoms with Gasteiger partial charge >= 0.3 is 0 Å². The molecule has 2 aromatic rings. The zero-order valence-electron chi connectivity index (χ0n) is 9.86. The van der Waals surface area contributed by atoms with Gasteiger partial charge in [0.2, 0.25) is 11.0 Å². The van der Waals surface area contributed by atoms with Crippen LogP contribution in [-0.2, 0) is 0 Å². The van der Waals surface area contributed by atoms with E-state index in [2.05, 4.69) is 15.3 Å². The molecule has 0 aliphatic rings. The molecule has 0 saturated carbocycles. The van der Waals surface area contributed by atoms with Crippen molar-refractivity contribution < 1.29 is 13.9 Å². The highest BCUT2D eigenvalue weighted by atomic mass is 32.2. The molecule has 1 aromatic carbocycles. The van der Waals surface area contributed by atoms with Crippen LogP contribution in [0.15, 0.2) is 34.5 Å². The maximum Gasteiger partial charge on any atom is 0.299 e. The molecule has 0 saturated heterocycles. The van der Waals surface area contributed by atoms with Gasteiger partial charge in [-0.05, 0) is 24.0 Å². The summed E-state index contributed by atoms with van der Waals surface area (Å²) in [5.41, 5.74) is 0.584.